The number of halogens is 3. The van der Waals surface area contributed by atoms with Gasteiger partial charge in [-0.15, -0.1) is 0 Å². The van der Waals surface area contributed by atoms with Gasteiger partial charge in [0, 0.05) is 19.4 Å². The average Bonchev–Trinajstić information content (AvgIpc) is 2.66. The number of nitrogens with zero attached hydrogens (tertiary/aromatic N) is 2. The van der Waals surface area contributed by atoms with Gasteiger partial charge < -0.3 is 22.4 Å². The van der Waals surface area contributed by atoms with E-state index in [2.05, 4.69) is 5.10 Å². The summed E-state index contributed by atoms with van der Waals surface area (Å²) in [6.07, 6.45) is 1.21. The molecule has 1 aromatic heterocycles. The largest absolute Gasteiger partial charge is 0.512 e. The van der Waals surface area contributed by atoms with Crippen LogP contribution in [0.1, 0.15) is 13.8 Å². The van der Waals surface area contributed by atoms with Gasteiger partial charge in [0.15, 0.2) is 6.29 Å². The van der Waals surface area contributed by atoms with Gasteiger partial charge in [0.05, 0.1) is 6.54 Å². The Hall–Kier alpha value is -1.02. The highest BCUT2D eigenvalue weighted by molar-refractivity contribution is 6.73. The van der Waals surface area contributed by atoms with Gasteiger partial charge >= 0.3 is 6.98 Å². The summed E-state index contributed by atoms with van der Waals surface area (Å²) in [6.45, 7) is -0.404. The van der Waals surface area contributed by atoms with Gasteiger partial charge in [0.25, 0.3) is 0 Å². The Morgan fingerprint density at radius 2 is 1.88 bits per heavy atom. The second kappa shape index (κ2) is 6.06. The molecule has 0 spiro atoms. The quantitative estimate of drug-likeness (QED) is 0.542. The molecule has 0 aromatic carbocycles. The Balaban J connectivity index is 2.63. The second-order valence-electron chi connectivity index (χ2n) is 3.41. The molecule has 98 valence electrons. The predicted molar refractivity (Wildman–Crippen MR) is 58.0 cm³/mol. The van der Waals surface area contributed by atoms with E-state index in [4.69, 9.17) is 9.47 Å². The Kier molecular flexibility index (Phi) is 5.01. The van der Waals surface area contributed by atoms with Crippen molar-refractivity contribution in [1.29, 1.82) is 0 Å². The lowest BCUT2D eigenvalue weighted by Crippen LogP contribution is -2.33. The van der Waals surface area contributed by atoms with Crippen molar-refractivity contribution in [3.63, 3.8) is 0 Å². The normalized spacial score (nSPS) is 12.4. The van der Waals surface area contributed by atoms with Crippen molar-refractivity contribution in [2.75, 3.05) is 13.2 Å². The van der Waals surface area contributed by atoms with Crippen molar-refractivity contribution in [2.45, 2.75) is 26.7 Å². The van der Waals surface area contributed by atoms with Gasteiger partial charge in [0.2, 0.25) is 0 Å². The van der Waals surface area contributed by atoms with Crippen LogP contribution < -0.4 is 5.46 Å². The predicted octanol–water partition coefficient (Wildman–Crippen LogP) is 1.34. The lowest BCUT2D eigenvalue weighted by atomic mass is 9.83. The summed E-state index contributed by atoms with van der Waals surface area (Å²) in [4.78, 5) is 0. The molecule has 0 saturated carbocycles. The summed E-state index contributed by atoms with van der Waals surface area (Å²) >= 11 is 0. The van der Waals surface area contributed by atoms with Crippen LogP contribution in [0, 0.1) is 0 Å². The van der Waals surface area contributed by atoms with Crippen LogP contribution in [0.3, 0.4) is 0 Å². The fourth-order valence-corrected chi connectivity index (χ4v) is 1.33. The number of ether oxygens (including phenoxy) is 2. The van der Waals surface area contributed by atoms with Crippen LogP contribution in [0.25, 0.3) is 0 Å². The Bertz CT molecular complexity index is 337. The molecule has 0 fully saturated rings. The maximum atomic E-state index is 12.4. The fraction of sp³-hybridized carbons (Fsp3) is 0.667. The molecule has 0 bridgehead atoms. The van der Waals surface area contributed by atoms with Crippen LogP contribution in [0.2, 0.25) is 0 Å². The molecule has 0 amide bonds. The first-order valence-corrected chi connectivity index (χ1v) is 5.42. The number of aromatic nitrogens is 2. The molecule has 0 atom stereocenters. The van der Waals surface area contributed by atoms with Crippen molar-refractivity contribution in [3.05, 3.63) is 12.4 Å². The minimum atomic E-state index is -5.00. The van der Waals surface area contributed by atoms with E-state index in [1.54, 1.807) is 13.8 Å². The molecule has 0 N–H and O–H groups in total. The highest BCUT2D eigenvalue weighted by atomic mass is 19.4. The summed E-state index contributed by atoms with van der Waals surface area (Å²) in [5, 5.41) is 3.64. The van der Waals surface area contributed by atoms with E-state index >= 15 is 0 Å². The van der Waals surface area contributed by atoms with Crippen LogP contribution >= 0.6 is 0 Å². The molecule has 1 heterocycles. The summed E-state index contributed by atoms with van der Waals surface area (Å²) in [5.41, 5.74) is -0.711. The third-order valence-corrected chi connectivity index (χ3v) is 2.07. The van der Waals surface area contributed by atoms with E-state index in [1.807, 2.05) is 0 Å². The van der Waals surface area contributed by atoms with Crippen LogP contribution in [0.5, 0.6) is 0 Å². The lowest BCUT2D eigenvalue weighted by Gasteiger charge is -2.17. The third kappa shape index (κ3) is 4.39. The Morgan fingerprint density at radius 1 is 1.29 bits per heavy atom. The SMILES string of the molecule is CCOC(Cn1cc([B-](F)(F)F)cn1)OCC. The molecule has 0 aliphatic heterocycles. The maximum Gasteiger partial charge on any atom is 0.512 e. The first kappa shape index (κ1) is 14.0. The van der Waals surface area contributed by atoms with Gasteiger partial charge in [-0.1, -0.05) is 5.46 Å². The van der Waals surface area contributed by atoms with Crippen LogP contribution in [-0.4, -0.2) is 36.3 Å². The summed E-state index contributed by atoms with van der Waals surface area (Å²) in [6, 6.07) is 0. The monoisotopic (exact) mass is 251 g/mol. The van der Waals surface area contributed by atoms with E-state index < -0.39 is 18.7 Å². The molecule has 0 aliphatic rings. The molecule has 1 aromatic rings. The number of hydrogen-bond acceptors (Lipinski definition) is 3. The molecule has 4 nitrogen and oxygen atoms in total. The van der Waals surface area contributed by atoms with Gasteiger partial charge in [-0.3, -0.25) is 4.68 Å². The number of hydrogen-bond donors (Lipinski definition) is 0. The summed E-state index contributed by atoms with van der Waals surface area (Å²) in [5.74, 6) is 0. The van der Waals surface area contributed by atoms with Crippen molar-refractivity contribution in [1.82, 2.24) is 9.78 Å². The van der Waals surface area contributed by atoms with Crippen molar-refractivity contribution >= 4 is 12.4 Å². The highest BCUT2D eigenvalue weighted by Crippen LogP contribution is 2.08. The van der Waals surface area contributed by atoms with Crippen molar-refractivity contribution in [2.24, 2.45) is 0 Å². The van der Waals surface area contributed by atoms with Gasteiger partial charge in [0.1, 0.15) is 0 Å². The van der Waals surface area contributed by atoms with E-state index in [1.165, 1.54) is 4.68 Å². The minimum Gasteiger partial charge on any atom is -0.445 e. The molecule has 0 unspecified atom stereocenters. The lowest BCUT2D eigenvalue weighted by molar-refractivity contribution is -0.144. The highest BCUT2D eigenvalue weighted by Gasteiger charge is 2.27. The first-order chi connectivity index (χ1) is 7.97. The summed E-state index contributed by atoms with van der Waals surface area (Å²) < 4.78 is 48.8. The van der Waals surface area contributed by atoms with Crippen LogP contribution in [0.15, 0.2) is 12.4 Å². The third-order valence-electron chi connectivity index (χ3n) is 2.07. The molecule has 0 radical (unpaired) electrons. The van der Waals surface area contributed by atoms with Gasteiger partial charge in [-0.2, -0.15) is 5.10 Å². The molecule has 0 aliphatic carbocycles. The molecule has 0 saturated heterocycles. The molecule has 1 rings (SSSR count). The zero-order valence-corrected chi connectivity index (χ0v) is 9.78. The molecule has 8 heteroatoms. The van der Waals surface area contributed by atoms with Crippen molar-refractivity contribution < 1.29 is 22.4 Å². The van der Waals surface area contributed by atoms with Crippen LogP contribution in [0.4, 0.5) is 12.9 Å². The minimum absolute atomic E-state index is 0.147. The standard InChI is InChI=1S/C9H15BF3N2O2/c1-3-16-9(17-4-2)7-15-6-8(5-14-15)10(11,12)13/h5-6,9H,3-4,7H2,1-2H3/q-1. The fourth-order valence-electron chi connectivity index (χ4n) is 1.33. The molecule has 17 heavy (non-hydrogen) atoms. The van der Waals surface area contributed by atoms with E-state index in [0.717, 1.165) is 12.4 Å². The average molecular weight is 251 g/mol. The Labute approximate surface area is 97.8 Å². The first-order valence-electron chi connectivity index (χ1n) is 5.42. The van der Waals surface area contributed by atoms with E-state index in [0.29, 0.717) is 13.2 Å². The topological polar surface area (TPSA) is 36.3 Å². The summed E-state index contributed by atoms with van der Waals surface area (Å²) in [7, 11) is 0. The van der Waals surface area contributed by atoms with Crippen LogP contribution in [-0.2, 0) is 16.0 Å². The van der Waals surface area contributed by atoms with E-state index in [9.17, 15) is 12.9 Å². The van der Waals surface area contributed by atoms with E-state index in [-0.39, 0.29) is 6.54 Å². The molecular formula is C9H15BF3N2O2-. The maximum absolute atomic E-state index is 12.4. The smallest absolute Gasteiger partial charge is 0.445 e. The van der Waals surface area contributed by atoms with Gasteiger partial charge in [-0.25, -0.2) is 0 Å². The van der Waals surface area contributed by atoms with Crippen molar-refractivity contribution in [3.8, 4) is 0 Å². The number of rotatable bonds is 7. The second-order valence-corrected chi connectivity index (χ2v) is 3.41. The molecular weight excluding hydrogens is 236 g/mol. The zero-order valence-electron chi connectivity index (χ0n) is 9.78. The zero-order chi connectivity index (χ0) is 12.9. The Morgan fingerprint density at radius 3 is 2.29 bits per heavy atom. The van der Waals surface area contributed by atoms with Gasteiger partial charge in [-0.05, 0) is 20.0 Å².